The van der Waals surface area contributed by atoms with Gasteiger partial charge in [-0.1, -0.05) is 68.7 Å². The van der Waals surface area contributed by atoms with Crippen LogP contribution in [-0.2, 0) is 34.6 Å². The maximum absolute atomic E-state index is 12.4. The maximum Gasteiger partial charge on any atom is 0.220 e. The number of para-hydroxylation sites is 2. The molecular formula is C41H56N3O5+. The zero-order valence-corrected chi connectivity index (χ0v) is 30.3. The van der Waals surface area contributed by atoms with Crippen molar-refractivity contribution in [2.45, 2.75) is 64.2 Å². The Labute approximate surface area is 294 Å². The molecule has 0 atom stereocenters. The summed E-state index contributed by atoms with van der Waals surface area (Å²) in [5.74, 6) is 2.48. The Balaban J connectivity index is 1.16. The van der Waals surface area contributed by atoms with Crippen LogP contribution in [-0.4, -0.2) is 89.2 Å². The Morgan fingerprint density at radius 1 is 0.837 bits per heavy atom. The van der Waals surface area contributed by atoms with E-state index in [1.54, 1.807) is 0 Å². The summed E-state index contributed by atoms with van der Waals surface area (Å²) >= 11 is 0. The highest BCUT2D eigenvalue weighted by Gasteiger charge is 2.43. The van der Waals surface area contributed by atoms with Gasteiger partial charge in [0.25, 0.3) is 0 Å². The molecule has 8 heteroatoms. The molecule has 1 N–H and O–H groups in total. The first-order valence-corrected chi connectivity index (χ1v) is 17.7. The number of nitrogens with one attached hydrogen (secondary N) is 1. The van der Waals surface area contributed by atoms with Gasteiger partial charge in [0.1, 0.15) is 13.7 Å². The highest BCUT2D eigenvalue weighted by molar-refractivity contribution is 6.03. The fraction of sp³-hybridized carbons (Fsp3) is 0.512. The minimum Gasteiger partial charge on any atom is -0.377 e. The number of rotatable bonds is 21. The first kappa shape index (κ1) is 38.1. The normalized spacial score (nSPS) is 16.7. The van der Waals surface area contributed by atoms with E-state index in [-0.39, 0.29) is 16.7 Å². The summed E-state index contributed by atoms with van der Waals surface area (Å²) in [7, 11) is 2.16. The number of amides is 1. The molecule has 2 aromatic carbocycles. The molecule has 49 heavy (non-hydrogen) atoms. The van der Waals surface area contributed by atoms with E-state index in [1.165, 1.54) is 33.9 Å². The maximum atomic E-state index is 12.4. The van der Waals surface area contributed by atoms with E-state index in [2.05, 4.69) is 122 Å². The minimum absolute atomic E-state index is 0.0571. The van der Waals surface area contributed by atoms with Gasteiger partial charge in [0.05, 0.1) is 51.7 Å². The van der Waals surface area contributed by atoms with Crippen molar-refractivity contribution in [3.63, 3.8) is 0 Å². The number of hydrogen-bond acceptors (Lipinski definition) is 6. The molecule has 2 aliphatic rings. The number of hydrogen-bond donors (Lipinski definition) is 1. The van der Waals surface area contributed by atoms with Gasteiger partial charge in [0.2, 0.25) is 11.6 Å². The molecule has 1 amide bonds. The lowest BCUT2D eigenvalue weighted by Gasteiger charge is -2.27. The summed E-state index contributed by atoms with van der Waals surface area (Å²) in [4.78, 5) is 14.9. The minimum atomic E-state index is -0.105. The Morgan fingerprint density at radius 2 is 1.47 bits per heavy atom. The number of terminal acetylenes is 1. The van der Waals surface area contributed by atoms with E-state index >= 15 is 0 Å². The molecule has 0 radical (unpaired) electrons. The van der Waals surface area contributed by atoms with Crippen LogP contribution in [0, 0.1) is 12.3 Å². The lowest BCUT2D eigenvalue weighted by molar-refractivity contribution is -0.401. The van der Waals surface area contributed by atoms with Gasteiger partial charge in [-0.25, -0.2) is 0 Å². The Bertz CT molecular complexity index is 1520. The summed E-state index contributed by atoms with van der Waals surface area (Å²) in [5.41, 5.74) is 7.71. The SMILES string of the molecule is C#CCOCCOCCOCCOCCNC(=O)CCCCCN1/C(=C\C=C\C2=[N+](C)c3ccccc3C2(C)C)C(C)(C)c2ccccc21. The van der Waals surface area contributed by atoms with E-state index in [9.17, 15) is 4.79 Å². The van der Waals surface area contributed by atoms with Crippen molar-refractivity contribution < 1.29 is 28.3 Å². The van der Waals surface area contributed by atoms with E-state index in [1.807, 2.05) is 0 Å². The third kappa shape index (κ3) is 10.1. The monoisotopic (exact) mass is 670 g/mol. The molecule has 0 aliphatic carbocycles. The summed E-state index contributed by atoms with van der Waals surface area (Å²) in [6.07, 6.45) is 15.3. The molecule has 2 aliphatic heterocycles. The van der Waals surface area contributed by atoms with Gasteiger partial charge < -0.3 is 29.2 Å². The smallest absolute Gasteiger partial charge is 0.220 e. The molecule has 2 aromatic rings. The summed E-state index contributed by atoms with van der Waals surface area (Å²) in [5, 5.41) is 2.96. The number of allylic oxidation sites excluding steroid dienone is 4. The zero-order valence-electron chi connectivity index (χ0n) is 30.3. The Kier molecular flexibility index (Phi) is 14.7. The van der Waals surface area contributed by atoms with Crippen molar-refractivity contribution in [2.24, 2.45) is 0 Å². The largest absolute Gasteiger partial charge is 0.377 e. The molecular weight excluding hydrogens is 614 g/mol. The topological polar surface area (TPSA) is 72.3 Å². The number of carbonyl (C=O) groups excluding carboxylic acids is 1. The number of carbonyl (C=O) groups is 1. The van der Waals surface area contributed by atoms with Crippen LogP contribution >= 0.6 is 0 Å². The van der Waals surface area contributed by atoms with E-state index in [0.717, 1.165) is 25.8 Å². The summed E-state index contributed by atoms with van der Waals surface area (Å²) in [6, 6.07) is 17.4. The van der Waals surface area contributed by atoms with Crippen LogP contribution < -0.4 is 10.2 Å². The molecule has 0 aromatic heterocycles. The second-order valence-corrected chi connectivity index (χ2v) is 13.5. The van der Waals surface area contributed by atoms with Gasteiger partial charge in [-0.2, -0.15) is 4.58 Å². The van der Waals surface area contributed by atoms with Crippen molar-refractivity contribution in [3.8, 4) is 12.3 Å². The van der Waals surface area contributed by atoms with Gasteiger partial charge >= 0.3 is 0 Å². The van der Waals surface area contributed by atoms with Crippen molar-refractivity contribution >= 4 is 23.0 Å². The molecule has 0 bridgehead atoms. The lowest BCUT2D eigenvalue weighted by Crippen LogP contribution is -2.28. The van der Waals surface area contributed by atoms with Crippen LogP contribution in [0.5, 0.6) is 0 Å². The summed E-state index contributed by atoms with van der Waals surface area (Å²) in [6.45, 7) is 14.4. The van der Waals surface area contributed by atoms with Gasteiger partial charge in [-0.3, -0.25) is 4.79 Å². The number of ether oxygens (including phenoxy) is 4. The number of unbranched alkanes of at least 4 members (excludes halogenated alkanes) is 2. The van der Waals surface area contributed by atoms with Crippen LogP contribution in [0.2, 0.25) is 0 Å². The molecule has 0 saturated heterocycles. The third-order valence-electron chi connectivity index (χ3n) is 9.40. The second kappa shape index (κ2) is 18.9. The first-order chi connectivity index (χ1) is 23.7. The molecule has 264 valence electrons. The second-order valence-electron chi connectivity index (χ2n) is 13.5. The third-order valence-corrected chi connectivity index (χ3v) is 9.40. The van der Waals surface area contributed by atoms with E-state index in [0.29, 0.717) is 65.8 Å². The van der Waals surface area contributed by atoms with Crippen molar-refractivity contribution in [1.82, 2.24) is 5.32 Å². The number of anilines is 1. The lowest BCUT2D eigenvalue weighted by atomic mass is 9.81. The predicted octanol–water partition coefficient (Wildman–Crippen LogP) is 6.31. The molecule has 0 spiro atoms. The molecule has 4 rings (SSSR count). The number of nitrogens with zero attached hydrogens (tertiary/aromatic N) is 2. The standard InChI is InChI=1S/C41H55N3O5/c1-7-25-46-27-29-48-31-32-49-30-28-47-26-23-42-39(45)22-9-8-14-24-44-36-19-13-11-17-34(36)41(4,5)38(44)21-15-20-37-40(2,3)33-16-10-12-18-35(33)43(37)6/h1,10-13,15-21H,8-9,14,22-32H2,2-6H3/p+1. The van der Waals surface area contributed by atoms with Crippen molar-refractivity contribution in [2.75, 3.05) is 77.9 Å². The fourth-order valence-electron chi connectivity index (χ4n) is 6.79. The molecule has 0 fully saturated rings. The van der Waals surface area contributed by atoms with Gasteiger partial charge in [0.15, 0.2) is 5.71 Å². The average molecular weight is 671 g/mol. The predicted molar refractivity (Wildman–Crippen MR) is 198 cm³/mol. The van der Waals surface area contributed by atoms with Crippen LogP contribution in [0.15, 0.2) is 72.5 Å². The van der Waals surface area contributed by atoms with Gasteiger partial charge in [0, 0.05) is 54.0 Å². The fourth-order valence-corrected chi connectivity index (χ4v) is 6.79. The van der Waals surface area contributed by atoms with Crippen LogP contribution in [0.3, 0.4) is 0 Å². The highest BCUT2D eigenvalue weighted by atomic mass is 16.6. The number of fused-ring (bicyclic) bond motifs is 2. The average Bonchev–Trinajstić information content (AvgIpc) is 3.42. The zero-order chi connectivity index (χ0) is 35.1. The van der Waals surface area contributed by atoms with Crippen LogP contribution in [0.25, 0.3) is 0 Å². The molecule has 0 saturated carbocycles. The highest BCUT2D eigenvalue weighted by Crippen LogP contribution is 2.47. The molecule has 2 heterocycles. The Morgan fingerprint density at radius 3 is 2.16 bits per heavy atom. The van der Waals surface area contributed by atoms with E-state index in [4.69, 9.17) is 25.4 Å². The molecule has 0 unspecified atom stereocenters. The van der Waals surface area contributed by atoms with Gasteiger partial charge in [-0.05, 0) is 44.4 Å². The van der Waals surface area contributed by atoms with Gasteiger partial charge in [-0.15, -0.1) is 6.42 Å². The molecule has 8 nitrogen and oxygen atoms in total. The summed E-state index contributed by atoms with van der Waals surface area (Å²) < 4.78 is 23.9. The van der Waals surface area contributed by atoms with Crippen LogP contribution in [0.1, 0.15) is 64.5 Å². The van der Waals surface area contributed by atoms with E-state index < -0.39 is 0 Å². The van der Waals surface area contributed by atoms with Crippen molar-refractivity contribution in [1.29, 1.82) is 0 Å². The van der Waals surface area contributed by atoms with Crippen molar-refractivity contribution in [3.05, 3.63) is 83.6 Å². The van der Waals surface area contributed by atoms with Crippen LogP contribution in [0.4, 0.5) is 11.4 Å². The quantitative estimate of drug-likeness (QED) is 0.0955. The number of benzene rings is 2. The Hall–Kier alpha value is -3.74. The first-order valence-electron chi connectivity index (χ1n) is 17.7.